The van der Waals surface area contributed by atoms with Gasteiger partial charge in [0, 0.05) is 164 Å². The number of amides is 9. The average molecular weight is 1920 g/mol. The number of halogens is 2. The molecule has 0 radical (unpaired) electrons. The number of anilines is 10. The van der Waals surface area contributed by atoms with E-state index in [9.17, 15) is 37.5 Å². The van der Waals surface area contributed by atoms with Crippen molar-refractivity contribution in [3.63, 3.8) is 0 Å². The Balaban J connectivity index is 0.000000118. The summed E-state index contributed by atoms with van der Waals surface area (Å²) in [6.45, 7) is 12.1. The van der Waals surface area contributed by atoms with Crippen LogP contribution >= 0.6 is 0 Å². The van der Waals surface area contributed by atoms with Gasteiger partial charge in [0.15, 0.2) is 17.5 Å². The van der Waals surface area contributed by atoms with Crippen molar-refractivity contribution < 1.29 is 42.3 Å². The Morgan fingerprint density at radius 1 is 0.364 bits per heavy atom. The van der Waals surface area contributed by atoms with Crippen LogP contribution in [0.4, 0.5) is 85.4 Å². The predicted molar refractivity (Wildman–Crippen MR) is 548 cm³/mol. The van der Waals surface area contributed by atoms with Gasteiger partial charge in [-0.1, -0.05) is 109 Å². The summed E-state index contributed by atoms with van der Waals surface area (Å²) in [5, 5.41) is 24.2. The van der Waals surface area contributed by atoms with Crippen molar-refractivity contribution in [3.05, 3.63) is 342 Å². The number of carbonyl (C=O) groups excluding carboxylic acids is 6. The molecule has 1 aliphatic carbocycles. The largest absolute Gasteiger partial charge is 0.398 e. The molecule has 35 heteroatoms. The number of hydrogen-bond acceptors (Lipinski definition) is 21. The molecular weight excluding hydrogens is 1810 g/mol. The van der Waals surface area contributed by atoms with Crippen LogP contribution in [0.1, 0.15) is 101 Å². The highest BCUT2D eigenvalue weighted by atomic mass is 19.1. The second-order valence-electron chi connectivity index (χ2n) is 36.2. The molecule has 143 heavy (non-hydrogen) atoms. The summed E-state index contributed by atoms with van der Waals surface area (Å²) in [7, 11) is 0. The standard InChI is InChI=1S/C20H24N4O.C19H20FNO2.C18H19FN2O.C18H18N6O.C17H16N6O.C16H15N7O/c1-13-5-7-14(8-6-13)17-9-18(19(21)22-10-17)23-20(25)24-11-15-3-2-4-16(15)12-24;20-17-4-1-13(2-5-17)15-3-6-18(21)16(11-15)12-19(22)14-7-9-23-10-8-14;19-16-6-3-13(4-7-16)14-5-8-17(20)15(11-14)12-18(22)21-9-1-2-10-21;1-12-2-4-15(5-3-12)24-11-16(17(19)22-24)21-18(25)23-9-13-6-7-20-8-14(13)10-23;18-16-15(11-23(21-16)14-4-2-1-3-5-14)20-17(24)22-9-12-6-7-19-8-13(12)10-22;17-15-14(10-23(21-15)13-2-5-18-6-3-13)20-16(24)22-8-11-1-4-19-7-12(11)9-22/h5-10,15-16H,2-4,11-12H2,1H3,(H2,21,22)(H,23,25);1-6,11,14H,7-10,12,21H2;3-8,11H,1-2,9-10,12,20H2;2-8,11H,9-10H2,1H3,(H2,19,22)(H,21,25);1-8,11H,9-10H2,(H2,18,21)(H,20,24);1-7,10H,8-9H2,(H2,17,21)(H,20,24). The number of aromatic nitrogens is 11. The molecule has 22 rings (SSSR count). The number of para-hydroxylation sites is 1. The predicted octanol–water partition coefficient (Wildman–Crippen LogP) is 17.7. The maximum absolute atomic E-state index is 13.0. The van der Waals surface area contributed by atoms with Crippen molar-refractivity contribution in [1.29, 1.82) is 0 Å². The van der Waals surface area contributed by atoms with E-state index in [1.54, 1.807) is 127 Å². The van der Waals surface area contributed by atoms with E-state index in [1.807, 2.05) is 144 Å². The molecule has 7 aromatic carbocycles. The number of ketones is 1. The van der Waals surface area contributed by atoms with Crippen LogP contribution in [0.25, 0.3) is 50.4 Å². The summed E-state index contributed by atoms with van der Waals surface area (Å²) in [6, 6.07) is 60.3. The third-order valence-corrected chi connectivity index (χ3v) is 26.3. The lowest BCUT2D eigenvalue weighted by Gasteiger charge is -2.21. The van der Waals surface area contributed by atoms with Gasteiger partial charge in [-0.15, -0.1) is 15.3 Å². The second kappa shape index (κ2) is 45.1. The van der Waals surface area contributed by atoms with E-state index in [-0.39, 0.29) is 70.8 Å². The summed E-state index contributed by atoms with van der Waals surface area (Å²) >= 11 is 0. The number of aryl methyl sites for hydroxylation is 2. The van der Waals surface area contributed by atoms with Crippen LogP contribution in [0.2, 0.25) is 0 Å². The fourth-order valence-electron chi connectivity index (χ4n) is 18.1. The Morgan fingerprint density at radius 2 is 0.748 bits per heavy atom. The SMILES string of the molecule is Cc1ccc(-c2cnc(N)c(NC(=O)N3CC4CCCC4C3)c2)cc1.Cc1ccc(-n2cc(NC(=O)N3Cc4ccncc4C3)c(N)n2)cc1.Nc1ccc(-c2ccc(F)cc2)cc1CC(=O)C1CCOCC1.Nc1ccc(-c2ccc(F)cc2)cc1CC(=O)N1CCCC1.Nc1nn(-c2ccccc2)cc1NC(=O)N1Cc2ccncc2C1.Nc1nn(-c2ccncc2)cc1NC(=O)N1Cc2ccncc2C1. The third-order valence-electron chi connectivity index (χ3n) is 26.3. The first-order valence-corrected chi connectivity index (χ1v) is 47.4. The van der Waals surface area contributed by atoms with Crippen LogP contribution in [0.5, 0.6) is 0 Å². The topological polar surface area (TPSA) is 450 Å². The number of carbonyl (C=O) groups is 6. The Bertz CT molecular complexity index is 6780. The van der Waals surface area contributed by atoms with Gasteiger partial charge in [-0.3, -0.25) is 29.5 Å². The highest BCUT2D eigenvalue weighted by Gasteiger charge is 2.39. The van der Waals surface area contributed by atoms with Crippen molar-refractivity contribution in [2.24, 2.45) is 17.8 Å². The van der Waals surface area contributed by atoms with Crippen LogP contribution < -0.4 is 55.7 Å². The van der Waals surface area contributed by atoms with E-state index in [2.05, 4.69) is 92.7 Å². The minimum atomic E-state index is -0.265. The summed E-state index contributed by atoms with van der Waals surface area (Å²) in [5.41, 5.74) is 58.0. The van der Waals surface area contributed by atoms with E-state index in [4.69, 9.17) is 39.1 Å². The highest BCUT2D eigenvalue weighted by molar-refractivity contribution is 5.96. The summed E-state index contributed by atoms with van der Waals surface area (Å²) < 4.78 is 36.3. The van der Waals surface area contributed by atoms with Gasteiger partial charge in [0.2, 0.25) is 5.91 Å². The molecule has 33 nitrogen and oxygen atoms in total. The lowest BCUT2D eigenvalue weighted by Crippen LogP contribution is -2.33. The van der Waals surface area contributed by atoms with Gasteiger partial charge in [-0.25, -0.2) is 47.0 Å². The lowest BCUT2D eigenvalue weighted by molar-refractivity contribution is -0.129. The number of nitrogens with zero attached hydrogens (tertiary/aromatic N) is 16. The molecule has 16 N–H and O–H groups in total. The van der Waals surface area contributed by atoms with Gasteiger partial charge in [-0.05, 0) is 246 Å². The summed E-state index contributed by atoms with van der Waals surface area (Å²) in [5.74, 6) is 2.43. The van der Waals surface area contributed by atoms with Gasteiger partial charge in [0.25, 0.3) is 0 Å². The second-order valence-corrected chi connectivity index (χ2v) is 36.2. The molecule has 4 fully saturated rings. The molecule has 3 saturated heterocycles. The zero-order valence-corrected chi connectivity index (χ0v) is 79.3. The van der Waals surface area contributed by atoms with Gasteiger partial charge < -0.3 is 84.9 Å². The summed E-state index contributed by atoms with van der Waals surface area (Å²) in [6.07, 6.45) is 29.0. The number of nitrogens with one attached hydrogen (secondary N) is 4. The van der Waals surface area contributed by atoms with E-state index >= 15 is 0 Å². The molecule has 2 unspecified atom stereocenters. The normalized spacial score (nSPS) is 15.1. The summed E-state index contributed by atoms with van der Waals surface area (Å²) in [4.78, 5) is 104. The van der Waals surface area contributed by atoms with Crippen molar-refractivity contribution in [3.8, 4) is 50.4 Å². The van der Waals surface area contributed by atoms with Crippen LogP contribution in [0.3, 0.4) is 0 Å². The number of ether oxygens (including phenoxy) is 1. The smallest absolute Gasteiger partial charge is 0.322 e. The van der Waals surface area contributed by atoms with E-state index in [0.29, 0.717) is 117 Å². The molecule has 9 amide bonds. The molecule has 730 valence electrons. The number of hydrogen-bond donors (Lipinski definition) is 10. The Morgan fingerprint density at radius 3 is 1.20 bits per heavy atom. The molecule has 15 aromatic rings. The fraction of sp³-hybridized carbons (Fsp3) is 0.241. The van der Waals surface area contributed by atoms with Gasteiger partial charge in [-0.2, -0.15) is 0 Å². The number of Topliss-reactive ketones (excluding diaryl/α,β-unsaturated/α-hetero) is 1. The number of nitrogens with two attached hydrogens (primary N) is 6. The molecule has 1 saturated carbocycles. The molecule has 8 aromatic heterocycles. The molecule has 6 aliphatic heterocycles. The maximum Gasteiger partial charge on any atom is 0.322 e. The van der Waals surface area contributed by atoms with E-state index in [1.165, 1.54) is 54.7 Å². The fourth-order valence-corrected chi connectivity index (χ4v) is 18.1. The first-order valence-electron chi connectivity index (χ1n) is 47.4. The molecule has 14 heterocycles. The quantitative estimate of drug-likeness (QED) is 0.0426. The van der Waals surface area contributed by atoms with Crippen molar-refractivity contribution in [1.82, 2.24) is 78.8 Å². The number of fused-ring (bicyclic) bond motifs is 4. The molecule has 0 bridgehead atoms. The third kappa shape index (κ3) is 24.7. The first-order chi connectivity index (χ1) is 69.4. The van der Waals surface area contributed by atoms with Crippen LogP contribution in [-0.4, -0.2) is 154 Å². The van der Waals surface area contributed by atoms with Gasteiger partial charge in [0.05, 0.1) is 47.8 Å². The van der Waals surface area contributed by atoms with Gasteiger partial charge >= 0.3 is 24.1 Å². The number of urea groups is 4. The minimum absolute atomic E-state index is 0.0658. The molecule has 7 aliphatic rings. The average Bonchev–Trinajstić information content (AvgIpc) is 1.70. The van der Waals surface area contributed by atoms with Crippen LogP contribution in [0.15, 0.2) is 275 Å². The molecule has 2 atom stereocenters. The van der Waals surface area contributed by atoms with Crippen molar-refractivity contribution in [2.45, 2.75) is 111 Å². The number of likely N-dealkylation sites (tertiary alicyclic amines) is 2. The van der Waals surface area contributed by atoms with E-state index < -0.39 is 0 Å². The monoisotopic (exact) mass is 1920 g/mol. The zero-order chi connectivity index (χ0) is 99.6. The Hall–Kier alpha value is -17.2. The number of benzene rings is 7. The maximum atomic E-state index is 13.0. The molecular formula is C108H112F2N26O7. The van der Waals surface area contributed by atoms with E-state index in [0.717, 1.165) is 147 Å². The lowest BCUT2D eigenvalue weighted by atomic mass is 9.90. The van der Waals surface area contributed by atoms with Crippen molar-refractivity contribution >= 4 is 93.2 Å². The van der Waals surface area contributed by atoms with Crippen molar-refractivity contribution in [2.75, 3.05) is 95.1 Å². The zero-order valence-electron chi connectivity index (χ0n) is 79.3. The first kappa shape index (κ1) is 97.4. The highest BCUT2D eigenvalue weighted by Crippen LogP contribution is 2.40. The minimum Gasteiger partial charge on any atom is -0.398 e. The Kier molecular flexibility index (Phi) is 30.7. The number of nitrogen functional groups attached to an aromatic ring is 6. The molecule has 0 spiro atoms. The number of rotatable bonds is 15. The van der Waals surface area contributed by atoms with Gasteiger partial charge in [0.1, 0.15) is 40.3 Å². The number of pyridine rings is 5. The van der Waals surface area contributed by atoms with Crippen LogP contribution in [0, 0.1) is 43.2 Å². The van der Waals surface area contributed by atoms with Crippen LogP contribution in [-0.2, 0) is 66.4 Å². The Labute approximate surface area is 825 Å².